The summed E-state index contributed by atoms with van der Waals surface area (Å²) in [6, 6.07) is 13.1. The number of nitriles is 1. The highest BCUT2D eigenvalue weighted by Gasteiger charge is 2.18. The van der Waals surface area contributed by atoms with E-state index in [1.54, 1.807) is 22.9 Å². The molecule has 3 aromatic heterocycles. The molecule has 0 unspecified atom stereocenters. The van der Waals surface area contributed by atoms with Crippen LogP contribution in [0.3, 0.4) is 0 Å². The van der Waals surface area contributed by atoms with Crippen LogP contribution in [0.2, 0.25) is 0 Å². The Morgan fingerprint density at radius 3 is 2.81 bits per heavy atom. The lowest BCUT2D eigenvalue weighted by Crippen LogP contribution is -2.07. The van der Waals surface area contributed by atoms with Crippen LogP contribution in [0.4, 0.5) is 5.82 Å². The van der Waals surface area contributed by atoms with Crippen LogP contribution in [0.25, 0.3) is 33.3 Å². The van der Waals surface area contributed by atoms with Gasteiger partial charge in [0.25, 0.3) is 0 Å². The Morgan fingerprint density at radius 1 is 1.30 bits per heavy atom. The first-order chi connectivity index (χ1) is 13.1. The fourth-order valence-electron chi connectivity index (χ4n) is 3.19. The molecule has 0 saturated carbocycles. The summed E-state index contributed by atoms with van der Waals surface area (Å²) in [5.41, 5.74) is 9.73. The van der Waals surface area contributed by atoms with Gasteiger partial charge in [-0.15, -0.1) is 0 Å². The van der Waals surface area contributed by atoms with Gasteiger partial charge in [-0.05, 0) is 18.2 Å². The predicted octanol–water partition coefficient (Wildman–Crippen LogP) is 3.50. The Bertz CT molecular complexity index is 1200. The van der Waals surface area contributed by atoms with Crippen molar-refractivity contribution >= 4 is 22.7 Å². The number of anilines is 1. The number of carbonyl (C=O) groups is 1. The molecule has 4 aromatic rings. The topological polar surface area (TPSA) is 118 Å². The number of fused-ring (bicyclic) bond motifs is 1. The van der Waals surface area contributed by atoms with Crippen LogP contribution >= 0.6 is 0 Å². The van der Waals surface area contributed by atoms with Crippen molar-refractivity contribution in [1.82, 2.24) is 9.55 Å². The van der Waals surface area contributed by atoms with Crippen LogP contribution in [-0.4, -0.2) is 20.6 Å². The Balaban J connectivity index is 1.97. The third kappa shape index (κ3) is 2.79. The number of benzene rings is 1. The summed E-state index contributed by atoms with van der Waals surface area (Å²) in [6.07, 6.45) is 4.80. The summed E-state index contributed by atoms with van der Waals surface area (Å²) >= 11 is 0. The van der Waals surface area contributed by atoms with Crippen LogP contribution < -0.4 is 5.73 Å². The van der Waals surface area contributed by atoms with E-state index < -0.39 is 5.97 Å². The Kier molecular flexibility index (Phi) is 3.86. The zero-order chi connectivity index (χ0) is 19.0. The summed E-state index contributed by atoms with van der Waals surface area (Å²) in [6.45, 7) is -0.166. The quantitative estimate of drug-likeness (QED) is 0.576. The minimum atomic E-state index is -0.936. The van der Waals surface area contributed by atoms with Gasteiger partial charge < -0.3 is 19.8 Å². The van der Waals surface area contributed by atoms with Crippen molar-refractivity contribution in [2.24, 2.45) is 0 Å². The molecule has 4 rings (SSSR count). The number of carboxylic acid groups (broad SMARTS) is 1. The molecule has 132 valence electrons. The summed E-state index contributed by atoms with van der Waals surface area (Å²) in [5, 5.41) is 19.5. The second kappa shape index (κ2) is 6.35. The van der Waals surface area contributed by atoms with E-state index in [9.17, 15) is 15.2 Å². The largest absolute Gasteiger partial charge is 0.480 e. The number of nitrogens with two attached hydrogens (primary N) is 1. The normalized spacial score (nSPS) is 10.8. The molecule has 0 fully saturated rings. The molecule has 0 aliphatic carbocycles. The average Bonchev–Trinajstić information content (AvgIpc) is 3.29. The van der Waals surface area contributed by atoms with Gasteiger partial charge in [0.05, 0.1) is 18.2 Å². The third-order valence-corrected chi connectivity index (χ3v) is 4.36. The molecule has 0 bridgehead atoms. The van der Waals surface area contributed by atoms with Gasteiger partial charge in [-0.1, -0.05) is 18.2 Å². The van der Waals surface area contributed by atoms with Crippen LogP contribution in [0.5, 0.6) is 0 Å². The number of nitrogens with zero attached hydrogens (tertiary/aromatic N) is 3. The number of hydrogen-bond donors (Lipinski definition) is 2. The summed E-state index contributed by atoms with van der Waals surface area (Å²) < 4.78 is 6.79. The maximum atomic E-state index is 11.2. The van der Waals surface area contributed by atoms with E-state index in [1.165, 1.54) is 12.5 Å². The molecule has 27 heavy (non-hydrogen) atoms. The summed E-state index contributed by atoms with van der Waals surface area (Å²) in [5.74, 6) is -0.824. The number of nitrogen functional groups attached to an aromatic ring is 1. The van der Waals surface area contributed by atoms with Crippen molar-refractivity contribution in [3.8, 4) is 28.5 Å². The maximum absolute atomic E-state index is 11.2. The van der Waals surface area contributed by atoms with E-state index in [0.717, 1.165) is 22.0 Å². The van der Waals surface area contributed by atoms with Gasteiger partial charge in [0.1, 0.15) is 24.0 Å². The fourth-order valence-corrected chi connectivity index (χ4v) is 3.19. The molecule has 0 atom stereocenters. The van der Waals surface area contributed by atoms with E-state index >= 15 is 0 Å². The first-order valence-electron chi connectivity index (χ1n) is 8.11. The molecular formula is C20H14N4O3. The minimum absolute atomic E-state index is 0.112. The Morgan fingerprint density at radius 2 is 2.11 bits per heavy atom. The highest BCUT2D eigenvalue weighted by Crippen LogP contribution is 2.35. The molecule has 7 heteroatoms. The van der Waals surface area contributed by atoms with Gasteiger partial charge in [0, 0.05) is 33.8 Å². The second-order valence-corrected chi connectivity index (χ2v) is 6.02. The van der Waals surface area contributed by atoms with Gasteiger partial charge in [0.2, 0.25) is 0 Å². The lowest BCUT2D eigenvalue weighted by molar-refractivity contribution is -0.137. The van der Waals surface area contributed by atoms with Gasteiger partial charge in [-0.3, -0.25) is 4.79 Å². The molecule has 0 amide bonds. The van der Waals surface area contributed by atoms with Crippen molar-refractivity contribution in [3.05, 3.63) is 60.7 Å². The van der Waals surface area contributed by atoms with E-state index in [2.05, 4.69) is 11.1 Å². The third-order valence-electron chi connectivity index (χ3n) is 4.36. The number of carboxylic acids is 1. The van der Waals surface area contributed by atoms with Crippen molar-refractivity contribution < 1.29 is 14.3 Å². The fraction of sp³-hybridized carbons (Fsp3) is 0.0500. The Labute approximate surface area is 153 Å². The van der Waals surface area contributed by atoms with Crippen LogP contribution in [-0.2, 0) is 11.3 Å². The Hall–Kier alpha value is -4.05. The number of pyridine rings is 1. The van der Waals surface area contributed by atoms with E-state index in [4.69, 9.17) is 10.2 Å². The van der Waals surface area contributed by atoms with E-state index in [0.29, 0.717) is 11.3 Å². The molecule has 0 aliphatic rings. The van der Waals surface area contributed by atoms with E-state index in [1.807, 2.05) is 24.3 Å². The number of para-hydroxylation sites is 1. The number of aromatic nitrogens is 2. The zero-order valence-electron chi connectivity index (χ0n) is 14.1. The lowest BCUT2D eigenvalue weighted by Gasteiger charge is -2.08. The zero-order valence-corrected chi connectivity index (χ0v) is 14.1. The molecule has 3 heterocycles. The first-order valence-corrected chi connectivity index (χ1v) is 8.11. The molecule has 7 nitrogen and oxygen atoms in total. The molecule has 0 saturated heterocycles. The molecular weight excluding hydrogens is 344 g/mol. The molecule has 3 N–H and O–H groups in total. The predicted molar refractivity (Wildman–Crippen MR) is 99.6 cm³/mol. The number of rotatable bonds is 4. The van der Waals surface area contributed by atoms with Crippen molar-refractivity contribution in [2.75, 3.05) is 5.73 Å². The van der Waals surface area contributed by atoms with Crippen molar-refractivity contribution in [1.29, 1.82) is 5.26 Å². The van der Waals surface area contributed by atoms with Crippen molar-refractivity contribution in [2.45, 2.75) is 6.54 Å². The maximum Gasteiger partial charge on any atom is 0.323 e. The molecule has 0 radical (unpaired) electrons. The van der Waals surface area contributed by atoms with E-state index in [-0.39, 0.29) is 17.9 Å². The monoisotopic (exact) mass is 358 g/mol. The van der Waals surface area contributed by atoms with Crippen LogP contribution in [0.1, 0.15) is 5.56 Å². The summed E-state index contributed by atoms with van der Waals surface area (Å²) in [4.78, 5) is 15.6. The van der Waals surface area contributed by atoms with Crippen LogP contribution in [0.15, 0.2) is 59.5 Å². The second-order valence-electron chi connectivity index (χ2n) is 6.02. The number of furan rings is 1. The van der Waals surface area contributed by atoms with Crippen LogP contribution in [0, 0.1) is 11.3 Å². The smallest absolute Gasteiger partial charge is 0.323 e. The molecule has 0 aliphatic heterocycles. The highest BCUT2D eigenvalue weighted by molar-refractivity contribution is 5.97. The SMILES string of the molecule is N#Cc1c(-c2ccoc2)cc(-c2cn(CC(=O)O)c3ccccc23)nc1N. The van der Waals surface area contributed by atoms with Gasteiger partial charge in [0.15, 0.2) is 0 Å². The van der Waals surface area contributed by atoms with Gasteiger partial charge in [-0.2, -0.15) is 5.26 Å². The highest BCUT2D eigenvalue weighted by atomic mass is 16.4. The summed E-state index contributed by atoms with van der Waals surface area (Å²) in [7, 11) is 0. The minimum Gasteiger partial charge on any atom is -0.480 e. The number of aliphatic carboxylic acids is 1. The van der Waals surface area contributed by atoms with Crippen molar-refractivity contribution in [3.63, 3.8) is 0 Å². The standard InChI is InChI=1S/C20H14N4O3/c21-8-15-14(12-5-6-27-11-12)7-17(23-20(15)22)16-9-24(10-19(25)26)18-4-2-1-3-13(16)18/h1-7,9,11H,10H2,(H2,22,23)(H,25,26). The number of hydrogen-bond acceptors (Lipinski definition) is 5. The average molecular weight is 358 g/mol. The van der Waals surface area contributed by atoms with Gasteiger partial charge in [-0.25, -0.2) is 4.98 Å². The molecule has 1 aromatic carbocycles. The molecule has 0 spiro atoms. The van der Waals surface area contributed by atoms with Gasteiger partial charge >= 0.3 is 5.97 Å². The lowest BCUT2D eigenvalue weighted by atomic mass is 10.0. The first kappa shape index (κ1) is 16.4.